The highest BCUT2D eigenvalue weighted by molar-refractivity contribution is 7.85. The zero-order valence-electron chi connectivity index (χ0n) is 23.2. The van der Waals surface area contributed by atoms with Crippen molar-refractivity contribution in [2.75, 3.05) is 18.4 Å². The minimum Gasteiger partial charge on any atom is -0.456 e. The average Bonchev–Trinajstić information content (AvgIpc) is 3.42. The number of amides is 1. The van der Waals surface area contributed by atoms with Gasteiger partial charge in [-0.05, 0) is 89.5 Å². The number of halogens is 1. The number of hydrogen-bond donors (Lipinski definition) is 2. The van der Waals surface area contributed by atoms with E-state index in [-0.39, 0.29) is 28.7 Å². The Morgan fingerprint density at radius 3 is 2.67 bits per heavy atom. The van der Waals surface area contributed by atoms with E-state index in [4.69, 9.17) is 4.74 Å². The van der Waals surface area contributed by atoms with E-state index < -0.39 is 16.6 Å². The third-order valence-electron chi connectivity index (χ3n) is 7.04. The van der Waals surface area contributed by atoms with Crippen molar-refractivity contribution in [3.05, 3.63) is 71.9 Å². The number of pyridine rings is 1. The second-order valence-electron chi connectivity index (χ2n) is 11.1. The lowest BCUT2D eigenvalue weighted by Gasteiger charge is -2.22. The van der Waals surface area contributed by atoms with E-state index in [1.165, 1.54) is 0 Å². The molecule has 2 aromatic heterocycles. The van der Waals surface area contributed by atoms with Crippen molar-refractivity contribution in [2.45, 2.75) is 62.6 Å². The van der Waals surface area contributed by atoms with Crippen LogP contribution in [0.3, 0.4) is 0 Å². The van der Waals surface area contributed by atoms with Crippen molar-refractivity contribution in [3.8, 4) is 11.5 Å². The number of piperidine rings is 1. The molecule has 5 rings (SSSR count). The molecule has 1 saturated heterocycles. The molecule has 4 aromatic rings. The van der Waals surface area contributed by atoms with Crippen LogP contribution < -0.4 is 15.4 Å². The lowest BCUT2D eigenvalue weighted by molar-refractivity contribution is -0.115. The van der Waals surface area contributed by atoms with Crippen LogP contribution in [-0.2, 0) is 27.6 Å². The van der Waals surface area contributed by atoms with Crippen LogP contribution in [0.4, 0.5) is 10.1 Å². The van der Waals surface area contributed by atoms with Crippen LogP contribution in [-0.4, -0.2) is 43.2 Å². The standard InChI is InChI=1S/C30H34FN5O3S/c1-19-26(8-5-20(29(19)31)15-28(37)35-21-17-34-36(18-21)30(2,3)4)39-27-11-14-33-25-7-6-23(16-24(25)27)40(38)22-9-12-32-13-10-22/h5-8,11,14,16-18,22,32H,9-10,12-13,15H2,1-4H3,(H,35,37). The predicted molar refractivity (Wildman–Crippen MR) is 155 cm³/mol. The van der Waals surface area contributed by atoms with Gasteiger partial charge in [0.2, 0.25) is 5.91 Å². The smallest absolute Gasteiger partial charge is 0.228 e. The van der Waals surface area contributed by atoms with Gasteiger partial charge in [0, 0.05) is 33.5 Å². The first kappa shape index (κ1) is 27.9. The molecular weight excluding hydrogens is 529 g/mol. The molecule has 0 bridgehead atoms. The quantitative estimate of drug-likeness (QED) is 0.310. The fourth-order valence-corrected chi connectivity index (χ4v) is 6.22. The third kappa shape index (κ3) is 6.08. The average molecular weight is 564 g/mol. The summed E-state index contributed by atoms with van der Waals surface area (Å²) < 4.78 is 36.5. The van der Waals surface area contributed by atoms with Crippen LogP contribution in [0.15, 0.2) is 59.9 Å². The number of carbonyl (C=O) groups excluding carboxylic acids is 1. The van der Waals surface area contributed by atoms with Gasteiger partial charge in [-0.3, -0.25) is 18.7 Å². The van der Waals surface area contributed by atoms with Gasteiger partial charge in [-0.25, -0.2) is 4.39 Å². The normalized spacial score (nSPS) is 15.2. The molecule has 2 aromatic carbocycles. The molecule has 8 nitrogen and oxygen atoms in total. The molecule has 10 heteroatoms. The van der Waals surface area contributed by atoms with E-state index in [1.807, 2.05) is 39.0 Å². The van der Waals surface area contributed by atoms with Gasteiger partial charge in [0.05, 0.1) is 40.2 Å². The van der Waals surface area contributed by atoms with E-state index in [0.29, 0.717) is 33.7 Å². The van der Waals surface area contributed by atoms with E-state index in [0.717, 1.165) is 30.8 Å². The fraction of sp³-hybridized carbons (Fsp3) is 0.367. The number of carbonyl (C=O) groups is 1. The molecule has 40 heavy (non-hydrogen) atoms. The molecule has 0 saturated carbocycles. The second-order valence-corrected chi connectivity index (χ2v) is 12.8. The monoisotopic (exact) mass is 563 g/mol. The van der Waals surface area contributed by atoms with Crippen molar-refractivity contribution in [1.29, 1.82) is 0 Å². The molecule has 210 valence electrons. The Morgan fingerprint density at radius 2 is 1.95 bits per heavy atom. The summed E-state index contributed by atoms with van der Waals surface area (Å²) in [6, 6.07) is 10.5. The highest BCUT2D eigenvalue weighted by Gasteiger charge is 2.22. The molecule has 2 N–H and O–H groups in total. The van der Waals surface area contributed by atoms with E-state index in [2.05, 4.69) is 20.7 Å². The Hall–Kier alpha value is -3.63. The van der Waals surface area contributed by atoms with Crippen molar-refractivity contribution in [2.24, 2.45) is 0 Å². The number of benzene rings is 2. The van der Waals surface area contributed by atoms with Crippen LogP contribution in [0.5, 0.6) is 11.5 Å². The topological polar surface area (TPSA) is 98.1 Å². The van der Waals surface area contributed by atoms with E-state index in [1.54, 1.807) is 48.4 Å². The maximum Gasteiger partial charge on any atom is 0.228 e. The number of anilines is 1. The number of ether oxygens (including phenoxy) is 1. The maximum absolute atomic E-state index is 15.4. The zero-order valence-corrected chi connectivity index (χ0v) is 24.0. The van der Waals surface area contributed by atoms with Crippen LogP contribution in [0.1, 0.15) is 44.7 Å². The van der Waals surface area contributed by atoms with Crippen molar-refractivity contribution >= 4 is 33.3 Å². The third-order valence-corrected chi connectivity index (χ3v) is 8.83. The van der Waals surface area contributed by atoms with Crippen LogP contribution in [0, 0.1) is 12.7 Å². The van der Waals surface area contributed by atoms with Crippen molar-refractivity contribution in [3.63, 3.8) is 0 Å². The number of nitrogens with zero attached hydrogens (tertiary/aromatic N) is 3. The van der Waals surface area contributed by atoms with Gasteiger partial charge < -0.3 is 15.4 Å². The van der Waals surface area contributed by atoms with Crippen molar-refractivity contribution < 1.29 is 18.1 Å². The number of fused-ring (bicyclic) bond motifs is 1. The Kier molecular flexibility index (Phi) is 8.00. The Balaban J connectivity index is 1.33. The summed E-state index contributed by atoms with van der Waals surface area (Å²) in [6.07, 6.45) is 6.57. The second kappa shape index (κ2) is 11.5. The summed E-state index contributed by atoms with van der Waals surface area (Å²) in [6.45, 7) is 9.39. The predicted octanol–water partition coefficient (Wildman–Crippen LogP) is 5.47. The summed E-state index contributed by atoms with van der Waals surface area (Å²) in [5.41, 5.74) is 1.61. The van der Waals surface area contributed by atoms with Gasteiger partial charge in [-0.15, -0.1) is 0 Å². The summed E-state index contributed by atoms with van der Waals surface area (Å²) in [7, 11) is -1.14. The number of hydrogen-bond acceptors (Lipinski definition) is 6. The summed E-state index contributed by atoms with van der Waals surface area (Å²) in [5.74, 6) is 0.00226. The first-order chi connectivity index (χ1) is 19.1. The fourth-order valence-electron chi connectivity index (χ4n) is 4.74. The minimum absolute atomic E-state index is 0.107. The van der Waals surface area contributed by atoms with Gasteiger partial charge in [0.25, 0.3) is 0 Å². The lowest BCUT2D eigenvalue weighted by Crippen LogP contribution is -2.33. The number of rotatable bonds is 7. The van der Waals surface area contributed by atoms with Gasteiger partial charge in [0.1, 0.15) is 17.3 Å². The minimum atomic E-state index is -1.14. The molecule has 1 aliphatic heterocycles. The summed E-state index contributed by atoms with van der Waals surface area (Å²) in [4.78, 5) is 17.8. The van der Waals surface area contributed by atoms with Crippen LogP contribution in [0.25, 0.3) is 10.9 Å². The molecular formula is C30H34FN5O3S. The summed E-state index contributed by atoms with van der Waals surface area (Å²) in [5, 5.41) is 11.2. The molecule has 1 amide bonds. The van der Waals surface area contributed by atoms with E-state index in [9.17, 15) is 9.00 Å². The highest BCUT2D eigenvalue weighted by atomic mass is 32.2. The Bertz CT molecular complexity index is 1570. The zero-order chi connectivity index (χ0) is 28.4. The molecule has 0 aliphatic carbocycles. The molecule has 1 atom stereocenters. The highest BCUT2D eigenvalue weighted by Crippen LogP contribution is 2.34. The summed E-state index contributed by atoms with van der Waals surface area (Å²) >= 11 is 0. The first-order valence-corrected chi connectivity index (χ1v) is 14.6. The van der Waals surface area contributed by atoms with Gasteiger partial charge in [-0.2, -0.15) is 5.10 Å². The van der Waals surface area contributed by atoms with Crippen molar-refractivity contribution in [1.82, 2.24) is 20.1 Å². The first-order valence-electron chi connectivity index (χ1n) is 13.4. The van der Waals surface area contributed by atoms with Gasteiger partial charge in [0.15, 0.2) is 0 Å². The molecule has 3 heterocycles. The van der Waals surface area contributed by atoms with Gasteiger partial charge in [-0.1, -0.05) is 6.07 Å². The van der Waals surface area contributed by atoms with E-state index >= 15 is 4.39 Å². The van der Waals surface area contributed by atoms with Gasteiger partial charge >= 0.3 is 0 Å². The molecule has 0 radical (unpaired) electrons. The Labute approximate surface area is 235 Å². The molecule has 0 spiro atoms. The molecule has 1 fully saturated rings. The molecule has 1 aliphatic rings. The lowest BCUT2D eigenvalue weighted by atomic mass is 10.1. The van der Waals surface area contributed by atoms with Crippen LogP contribution >= 0.6 is 0 Å². The Morgan fingerprint density at radius 1 is 1.18 bits per heavy atom. The number of aromatic nitrogens is 3. The SMILES string of the molecule is Cc1c(Oc2ccnc3ccc(S(=O)C4CCNCC4)cc23)ccc(CC(=O)Nc2cnn(C(C)(C)C)c2)c1F. The maximum atomic E-state index is 15.4. The number of nitrogens with one attached hydrogen (secondary N) is 2. The largest absolute Gasteiger partial charge is 0.456 e. The van der Waals surface area contributed by atoms with Crippen LogP contribution in [0.2, 0.25) is 0 Å². The molecule has 1 unspecified atom stereocenters.